The quantitative estimate of drug-likeness (QED) is 0.773. The van der Waals surface area contributed by atoms with Gasteiger partial charge in [-0.2, -0.15) is 0 Å². The first-order chi connectivity index (χ1) is 13.0. The Morgan fingerprint density at radius 2 is 2.11 bits per heavy atom. The summed E-state index contributed by atoms with van der Waals surface area (Å²) >= 11 is 0. The van der Waals surface area contributed by atoms with Gasteiger partial charge in [0.2, 0.25) is 0 Å². The molecule has 1 unspecified atom stereocenters. The summed E-state index contributed by atoms with van der Waals surface area (Å²) in [7, 11) is 1.47. The summed E-state index contributed by atoms with van der Waals surface area (Å²) in [6.45, 7) is 4.08. The average molecular weight is 371 g/mol. The summed E-state index contributed by atoms with van der Waals surface area (Å²) in [4.78, 5) is 25.6. The number of hydrogen-bond donors (Lipinski definition) is 2. The number of phenolic OH excluding ortho intramolecular Hbond substituents is 1. The molecule has 0 saturated carbocycles. The van der Waals surface area contributed by atoms with Crippen LogP contribution in [0.2, 0.25) is 0 Å². The Morgan fingerprint density at radius 3 is 2.81 bits per heavy atom. The molecule has 3 rings (SSSR count). The minimum atomic E-state index is -0.534. The second-order valence-corrected chi connectivity index (χ2v) is 6.83. The van der Waals surface area contributed by atoms with Crippen molar-refractivity contribution in [1.82, 2.24) is 5.32 Å². The van der Waals surface area contributed by atoms with Gasteiger partial charge in [0.05, 0.1) is 19.3 Å². The number of nitrogens with one attached hydrogen (secondary N) is 1. The van der Waals surface area contributed by atoms with Gasteiger partial charge in [-0.1, -0.05) is 13.0 Å². The molecule has 1 atom stereocenters. The van der Waals surface area contributed by atoms with Crippen LogP contribution in [0.15, 0.2) is 40.7 Å². The summed E-state index contributed by atoms with van der Waals surface area (Å²) in [5, 5.41) is 13.2. The average Bonchev–Trinajstić information content (AvgIpc) is 2.65. The number of carbonyl (C=O) groups excluding carboxylic acids is 2. The molecule has 0 fully saturated rings. The molecule has 0 radical (unpaired) electrons. The van der Waals surface area contributed by atoms with Crippen molar-refractivity contribution in [2.24, 2.45) is 0 Å². The van der Waals surface area contributed by atoms with E-state index in [1.165, 1.54) is 13.2 Å². The Labute approximate surface area is 158 Å². The number of rotatable bonds is 5. The Morgan fingerprint density at radius 1 is 1.33 bits per heavy atom. The van der Waals surface area contributed by atoms with Crippen molar-refractivity contribution < 1.29 is 24.2 Å². The summed E-state index contributed by atoms with van der Waals surface area (Å²) in [5.74, 6) is -0.614. The first-order valence-electron chi connectivity index (χ1n) is 9.26. The van der Waals surface area contributed by atoms with Crippen LogP contribution in [-0.4, -0.2) is 30.6 Å². The highest BCUT2D eigenvalue weighted by Gasteiger charge is 2.39. The Bertz CT molecular complexity index is 837. The highest BCUT2D eigenvalue weighted by atomic mass is 16.5. The lowest BCUT2D eigenvalue weighted by Crippen LogP contribution is -2.34. The third-order valence-corrected chi connectivity index (χ3v) is 4.97. The van der Waals surface area contributed by atoms with Crippen LogP contribution in [0.25, 0.3) is 0 Å². The number of ether oxygens (including phenoxy) is 2. The van der Waals surface area contributed by atoms with E-state index in [4.69, 9.17) is 9.47 Å². The molecule has 0 amide bonds. The van der Waals surface area contributed by atoms with Crippen LogP contribution in [0.1, 0.15) is 51.0 Å². The van der Waals surface area contributed by atoms with Crippen molar-refractivity contribution in [3.63, 3.8) is 0 Å². The van der Waals surface area contributed by atoms with E-state index in [2.05, 4.69) is 5.32 Å². The second-order valence-electron chi connectivity index (χ2n) is 6.83. The van der Waals surface area contributed by atoms with Crippen molar-refractivity contribution in [1.29, 1.82) is 0 Å². The molecule has 0 saturated heterocycles. The Hall–Kier alpha value is -2.76. The van der Waals surface area contributed by atoms with E-state index in [9.17, 15) is 14.7 Å². The summed E-state index contributed by atoms with van der Waals surface area (Å²) < 4.78 is 10.6. The van der Waals surface area contributed by atoms with Gasteiger partial charge in [-0.25, -0.2) is 4.79 Å². The monoisotopic (exact) mass is 371 g/mol. The second kappa shape index (κ2) is 7.86. The zero-order valence-electron chi connectivity index (χ0n) is 15.9. The van der Waals surface area contributed by atoms with Gasteiger partial charge < -0.3 is 19.9 Å². The maximum Gasteiger partial charge on any atom is 0.336 e. The van der Waals surface area contributed by atoms with E-state index in [1.807, 2.05) is 13.8 Å². The van der Waals surface area contributed by atoms with Crippen molar-refractivity contribution >= 4 is 11.8 Å². The van der Waals surface area contributed by atoms with Gasteiger partial charge in [0.15, 0.2) is 17.3 Å². The number of dihydropyridines is 1. The molecule has 2 N–H and O–H groups in total. The summed E-state index contributed by atoms with van der Waals surface area (Å²) in [6.07, 6.45) is 2.74. The predicted molar refractivity (Wildman–Crippen MR) is 100 cm³/mol. The van der Waals surface area contributed by atoms with Gasteiger partial charge in [0.1, 0.15) is 0 Å². The molecule has 27 heavy (non-hydrogen) atoms. The number of ketones is 1. The van der Waals surface area contributed by atoms with Crippen molar-refractivity contribution in [3.05, 3.63) is 46.3 Å². The molecular formula is C21H25NO5. The number of carbonyl (C=O) groups is 2. The van der Waals surface area contributed by atoms with E-state index in [-0.39, 0.29) is 11.5 Å². The van der Waals surface area contributed by atoms with E-state index in [0.717, 1.165) is 30.5 Å². The van der Waals surface area contributed by atoms with Crippen LogP contribution in [-0.2, 0) is 14.3 Å². The minimum Gasteiger partial charge on any atom is -0.504 e. The lowest BCUT2D eigenvalue weighted by molar-refractivity contribution is -0.139. The normalized spacial score (nSPS) is 19.5. The van der Waals surface area contributed by atoms with Gasteiger partial charge >= 0.3 is 5.97 Å². The molecule has 1 aromatic rings. The number of aromatic hydroxyl groups is 1. The fourth-order valence-corrected chi connectivity index (χ4v) is 3.73. The largest absolute Gasteiger partial charge is 0.504 e. The Kier molecular flexibility index (Phi) is 5.54. The van der Waals surface area contributed by atoms with Gasteiger partial charge in [-0.3, -0.25) is 4.79 Å². The van der Waals surface area contributed by atoms with Gasteiger partial charge in [0.25, 0.3) is 0 Å². The first kappa shape index (κ1) is 19.0. The number of benzene rings is 1. The Balaban J connectivity index is 2.14. The highest BCUT2D eigenvalue weighted by molar-refractivity contribution is 6.03. The molecular weight excluding hydrogens is 346 g/mol. The summed E-state index contributed by atoms with van der Waals surface area (Å²) in [5.41, 5.74) is 3.33. The summed E-state index contributed by atoms with van der Waals surface area (Å²) in [6, 6.07) is 4.92. The van der Waals surface area contributed by atoms with Gasteiger partial charge in [-0.15, -0.1) is 0 Å². The minimum absolute atomic E-state index is 0.00942. The number of esters is 1. The molecule has 0 spiro atoms. The van der Waals surface area contributed by atoms with Crippen LogP contribution >= 0.6 is 0 Å². The van der Waals surface area contributed by atoms with Crippen LogP contribution < -0.4 is 10.1 Å². The number of methoxy groups -OCH3 is 1. The predicted octanol–water partition coefficient (Wildman–Crippen LogP) is 3.32. The van der Waals surface area contributed by atoms with Crippen LogP contribution in [0.3, 0.4) is 0 Å². The molecule has 1 aliphatic carbocycles. The third-order valence-electron chi connectivity index (χ3n) is 4.97. The lowest BCUT2D eigenvalue weighted by Gasteiger charge is -2.34. The van der Waals surface area contributed by atoms with E-state index in [0.29, 0.717) is 35.6 Å². The fourth-order valence-electron chi connectivity index (χ4n) is 3.73. The highest BCUT2D eigenvalue weighted by Crippen LogP contribution is 2.44. The van der Waals surface area contributed by atoms with Crippen LogP contribution in [0.4, 0.5) is 0 Å². The number of phenols is 1. The molecule has 0 aromatic heterocycles. The molecule has 6 heteroatoms. The van der Waals surface area contributed by atoms with E-state index < -0.39 is 11.9 Å². The standard InChI is InChI=1S/C21H25NO5/c1-4-10-27-21(25)18-12(2)22-14-6-5-7-16(24)20(14)19(18)13-8-9-15(23)17(11-13)26-3/h8-9,11,19,22-23H,4-7,10H2,1-3H3. The molecule has 144 valence electrons. The molecule has 0 bridgehead atoms. The maximum atomic E-state index is 12.8. The number of hydrogen-bond acceptors (Lipinski definition) is 6. The molecule has 6 nitrogen and oxygen atoms in total. The lowest BCUT2D eigenvalue weighted by atomic mass is 9.75. The first-order valence-corrected chi connectivity index (χ1v) is 9.26. The third kappa shape index (κ3) is 3.56. The fraction of sp³-hybridized carbons (Fsp3) is 0.429. The van der Waals surface area contributed by atoms with E-state index >= 15 is 0 Å². The topological polar surface area (TPSA) is 84.9 Å². The van der Waals surface area contributed by atoms with Gasteiger partial charge in [-0.05, 0) is 43.9 Å². The van der Waals surface area contributed by atoms with Crippen molar-refractivity contribution in [3.8, 4) is 11.5 Å². The zero-order chi connectivity index (χ0) is 19.6. The van der Waals surface area contributed by atoms with Crippen LogP contribution in [0, 0.1) is 0 Å². The number of allylic oxidation sites excluding steroid dienone is 3. The molecule has 1 aromatic carbocycles. The van der Waals surface area contributed by atoms with Crippen LogP contribution in [0.5, 0.6) is 11.5 Å². The van der Waals surface area contributed by atoms with Crippen molar-refractivity contribution in [2.75, 3.05) is 13.7 Å². The molecule has 1 heterocycles. The van der Waals surface area contributed by atoms with E-state index in [1.54, 1.807) is 12.1 Å². The maximum absolute atomic E-state index is 12.8. The SMILES string of the molecule is CCCOC(=O)C1=C(C)NC2=C(C(=O)CCC2)C1c1ccc(O)c(OC)c1. The van der Waals surface area contributed by atoms with Crippen molar-refractivity contribution in [2.45, 2.75) is 45.4 Å². The molecule has 2 aliphatic rings. The number of Topliss-reactive ketones (excluding diaryl/α,β-unsaturated/α-hetero) is 1. The molecule has 1 aliphatic heterocycles. The zero-order valence-corrected chi connectivity index (χ0v) is 15.9. The smallest absolute Gasteiger partial charge is 0.336 e. The van der Waals surface area contributed by atoms with Gasteiger partial charge in [0, 0.05) is 29.3 Å².